The Morgan fingerprint density at radius 2 is 1.80 bits per heavy atom. The summed E-state index contributed by atoms with van der Waals surface area (Å²) >= 11 is 1.55. The molecule has 0 amide bonds. The van der Waals surface area contributed by atoms with Gasteiger partial charge in [0.15, 0.2) is 12.4 Å². The van der Waals surface area contributed by atoms with Crippen LogP contribution in [0.2, 0.25) is 0 Å². The zero-order chi connectivity index (χ0) is 18.4. The maximum atomic E-state index is 12.1. The van der Waals surface area contributed by atoms with Crippen LogP contribution in [0, 0.1) is 10.1 Å². The molecule has 0 saturated carbocycles. The van der Waals surface area contributed by atoms with E-state index >= 15 is 0 Å². The molecular weight excluding hydrogens is 344 g/mol. The van der Waals surface area contributed by atoms with Gasteiger partial charge < -0.3 is 10.1 Å². The maximum Gasteiger partial charge on any atom is 0.338 e. The van der Waals surface area contributed by atoms with Crippen LogP contribution >= 0.6 is 11.8 Å². The highest BCUT2D eigenvalue weighted by molar-refractivity contribution is 7.98. The molecule has 0 saturated heterocycles. The van der Waals surface area contributed by atoms with Gasteiger partial charge >= 0.3 is 5.97 Å². The molecule has 7 nitrogen and oxygen atoms in total. The largest absolute Gasteiger partial charge is 0.454 e. The number of rotatable bonds is 7. The fourth-order valence-electron chi connectivity index (χ4n) is 2.10. The number of carbonyl (C=O) groups excluding carboxylic acids is 2. The summed E-state index contributed by atoms with van der Waals surface area (Å²) < 4.78 is 4.97. The smallest absolute Gasteiger partial charge is 0.338 e. The minimum absolute atomic E-state index is 0.0104. The summed E-state index contributed by atoms with van der Waals surface area (Å²) in [4.78, 5) is 35.5. The van der Waals surface area contributed by atoms with Crippen molar-refractivity contribution >= 4 is 34.9 Å². The Kier molecular flexibility index (Phi) is 6.13. The van der Waals surface area contributed by atoms with Crippen molar-refractivity contribution in [2.24, 2.45) is 0 Å². The number of hydrogen-bond acceptors (Lipinski definition) is 7. The summed E-state index contributed by atoms with van der Waals surface area (Å²) in [6.07, 6.45) is 1.93. The number of Topliss-reactive ketones (excluding diaryl/α,β-unsaturated/α-hetero) is 1. The second-order valence-electron chi connectivity index (χ2n) is 4.97. The molecule has 0 spiro atoms. The molecule has 0 aliphatic rings. The van der Waals surface area contributed by atoms with Crippen LogP contribution in [0.5, 0.6) is 0 Å². The summed E-state index contributed by atoms with van der Waals surface area (Å²) in [7, 11) is 1.54. The van der Waals surface area contributed by atoms with Crippen molar-refractivity contribution < 1.29 is 19.2 Å². The zero-order valence-corrected chi connectivity index (χ0v) is 14.5. The molecule has 0 fully saturated rings. The Labute approximate surface area is 148 Å². The van der Waals surface area contributed by atoms with Gasteiger partial charge in [0, 0.05) is 23.6 Å². The van der Waals surface area contributed by atoms with Crippen LogP contribution in [-0.2, 0) is 4.74 Å². The van der Waals surface area contributed by atoms with Crippen LogP contribution in [0.3, 0.4) is 0 Å². The van der Waals surface area contributed by atoms with Crippen molar-refractivity contribution in [2.75, 3.05) is 25.2 Å². The van der Waals surface area contributed by atoms with Crippen LogP contribution in [0.1, 0.15) is 20.7 Å². The third-order valence-electron chi connectivity index (χ3n) is 3.45. The molecule has 0 aliphatic carbocycles. The van der Waals surface area contributed by atoms with Crippen LogP contribution in [0.15, 0.2) is 47.4 Å². The van der Waals surface area contributed by atoms with Crippen molar-refractivity contribution in [3.05, 3.63) is 63.7 Å². The van der Waals surface area contributed by atoms with Gasteiger partial charge in [0.25, 0.3) is 5.69 Å². The molecule has 0 radical (unpaired) electrons. The predicted molar refractivity (Wildman–Crippen MR) is 95.5 cm³/mol. The molecule has 0 unspecified atom stereocenters. The molecule has 25 heavy (non-hydrogen) atoms. The number of carbonyl (C=O) groups is 2. The first kappa shape index (κ1) is 18.5. The lowest BCUT2D eigenvalue weighted by Gasteiger charge is -2.07. The molecular formula is C17H16N2O5S. The quantitative estimate of drug-likeness (QED) is 0.266. The minimum atomic E-state index is -0.792. The van der Waals surface area contributed by atoms with E-state index in [1.807, 2.05) is 6.26 Å². The molecule has 2 aromatic rings. The van der Waals surface area contributed by atoms with E-state index in [0.717, 1.165) is 11.0 Å². The van der Waals surface area contributed by atoms with E-state index < -0.39 is 17.5 Å². The second kappa shape index (κ2) is 8.29. The van der Waals surface area contributed by atoms with E-state index in [1.54, 1.807) is 43.1 Å². The highest BCUT2D eigenvalue weighted by Crippen LogP contribution is 2.25. The number of ether oxygens (including phenoxy) is 1. The van der Waals surface area contributed by atoms with E-state index in [0.29, 0.717) is 5.56 Å². The highest BCUT2D eigenvalue weighted by atomic mass is 32.2. The van der Waals surface area contributed by atoms with E-state index in [4.69, 9.17) is 4.74 Å². The summed E-state index contributed by atoms with van der Waals surface area (Å²) in [5.41, 5.74) is 0.487. The first-order chi connectivity index (χ1) is 12.0. The average molecular weight is 360 g/mol. The van der Waals surface area contributed by atoms with Gasteiger partial charge in [0.05, 0.1) is 10.5 Å². The van der Waals surface area contributed by atoms with Crippen molar-refractivity contribution in [3.63, 3.8) is 0 Å². The Bertz CT molecular complexity index is 805. The lowest BCUT2D eigenvalue weighted by Crippen LogP contribution is -2.14. The number of nitro benzene ring substituents is 1. The molecule has 8 heteroatoms. The van der Waals surface area contributed by atoms with Gasteiger partial charge in [-0.1, -0.05) is 12.1 Å². The minimum Gasteiger partial charge on any atom is -0.454 e. The van der Waals surface area contributed by atoms with Gasteiger partial charge in [-0.3, -0.25) is 14.9 Å². The number of thioether (sulfide) groups is 1. The van der Waals surface area contributed by atoms with Crippen molar-refractivity contribution in [1.82, 2.24) is 0 Å². The molecule has 0 heterocycles. The highest BCUT2D eigenvalue weighted by Gasteiger charge is 2.18. The van der Waals surface area contributed by atoms with Gasteiger partial charge in [-0.2, -0.15) is 0 Å². The zero-order valence-electron chi connectivity index (χ0n) is 13.6. The third-order valence-corrected chi connectivity index (χ3v) is 4.19. The number of esters is 1. The molecule has 0 aromatic heterocycles. The Balaban J connectivity index is 2.05. The number of anilines is 1. The molecule has 2 rings (SSSR count). The van der Waals surface area contributed by atoms with Crippen molar-refractivity contribution in [1.29, 1.82) is 0 Å². The van der Waals surface area contributed by atoms with E-state index in [9.17, 15) is 19.7 Å². The summed E-state index contributed by atoms with van der Waals surface area (Å²) in [6.45, 7) is -0.432. The van der Waals surface area contributed by atoms with Gasteiger partial charge in [-0.05, 0) is 30.5 Å². The van der Waals surface area contributed by atoms with Gasteiger partial charge in [0.1, 0.15) is 5.69 Å². The number of hydrogen-bond donors (Lipinski definition) is 1. The molecule has 130 valence electrons. The maximum absolute atomic E-state index is 12.1. The second-order valence-corrected chi connectivity index (χ2v) is 5.85. The Hall–Kier alpha value is -2.87. The predicted octanol–water partition coefficient (Wildman–Crippen LogP) is 3.40. The summed E-state index contributed by atoms with van der Waals surface area (Å²) in [6, 6.07) is 10.9. The standard InChI is InChI=1S/C17H16N2O5S/c1-18-14-8-5-12(9-15(14)19(22)23)17(21)24-10-16(20)11-3-6-13(25-2)7-4-11/h3-9,18H,10H2,1-2H3. The monoisotopic (exact) mass is 360 g/mol. The van der Waals surface area contributed by atoms with Crippen LogP contribution in [0.4, 0.5) is 11.4 Å². The molecule has 1 N–H and O–H groups in total. The SMILES string of the molecule is CNc1ccc(C(=O)OCC(=O)c2ccc(SC)cc2)cc1[N+](=O)[O-]. The Morgan fingerprint density at radius 1 is 1.16 bits per heavy atom. The van der Waals surface area contributed by atoms with E-state index in [-0.39, 0.29) is 22.7 Å². The Morgan fingerprint density at radius 3 is 2.36 bits per heavy atom. The normalized spacial score (nSPS) is 10.2. The van der Waals surface area contributed by atoms with Gasteiger partial charge in [-0.25, -0.2) is 4.79 Å². The molecule has 0 atom stereocenters. The van der Waals surface area contributed by atoms with Crippen LogP contribution in [0.25, 0.3) is 0 Å². The van der Waals surface area contributed by atoms with Gasteiger partial charge in [-0.15, -0.1) is 11.8 Å². The number of ketones is 1. The lowest BCUT2D eigenvalue weighted by atomic mass is 10.1. The van der Waals surface area contributed by atoms with E-state index in [2.05, 4.69) is 5.32 Å². The first-order valence-electron chi connectivity index (χ1n) is 7.27. The van der Waals surface area contributed by atoms with E-state index in [1.165, 1.54) is 12.1 Å². The summed E-state index contributed by atoms with van der Waals surface area (Å²) in [5, 5.41) is 13.7. The molecule has 0 bridgehead atoms. The first-order valence-corrected chi connectivity index (χ1v) is 8.49. The number of benzene rings is 2. The number of nitrogens with one attached hydrogen (secondary N) is 1. The number of nitro groups is 1. The summed E-state index contributed by atoms with van der Waals surface area (Å²) in [5.74, 6) is -1.14. The van der Waals surface area contributed by atoms with Crippen LogP contribution < -0.4 is 5.32 Å². The third kappa shape index (κ3) is 4.57. The lowest BCUT2D eigenvalue weighted by molar-refractivity contribution is -0.384. The number of nitrogens with zero attached hydrogens (tertiary/aromatic N) is 1. The average Bonchev–Trinajstić information content (AvgIpc) is 2.65. The molecule has 0 aliphatic heterocycles. The molecule has 2 aromatic carbocycles. The van der Waals surface area contributed by atoms with Gasteiger partial charge in [0.2, 0.25) is 0 Å². The van der Waals surface area contributed by atoms with Crippen LogP contribution in [-0.4, -0.2) is 36.6 Å². The van der Waals surface area contributed by atoms with Crippen molar-refractivity contribution in [3.8, 4) is 0 Å². The fraction of sp³-hybridized carbons (Fsp3) is 0.176. The van der Waals surface area contributed by atoms with Crippen molar-refractivity contribution in [2.45, 2.75) is 4.90 Å². The topological polar surface area (TPSA) is 98.5 Å². The fourth-order valence-corrected chi connectivity index (χ4v) is 2.50.